The minimum Gasteiger partial charge on any atom is -0.456 e. The highest BCUT2D eigenvalue weighted by molar-refractivity contribution is 6.06. The topological polar surface area (TPSA) is 19.6 Å². The largest absolute Gasteiger partial charge is 0.456 e. The number of hydrogen-bond acceptors (Lipinski definition) is 3. The van der Waals surface area contributed by atoms with Gasteiger partial charge in [-0.3, -0.25) is 0 Å². The van der Waals surface area contributed by atoms with Crippen molar-refractivity contribution in [2.24, 2.45) is 0 Å². The Hall–Kier alpha value is -8.92. The summed E-state index contributed by atoms with van der Waals surface area (Å²) >= 11 is 0. The SMILES string of the molecule is c1ccc(-c2ccc(N(c3ccc(-c4ccccc4)cc3)c3cc(-c4ccc5ccccc5c4)cc(N(c4ccc(-c5ccccc5)cc4)c4ccc5oc6ccccc6c5c4)c3)cc2)cc1. The molecule has 3 nitrogen and oxygen atoms in total. The van der Waals surface area contributed by atoms with Crippen LogP contribution in [0.15, 0.2) is 271 Å². The van der Waals surface area contributed by atoms with Crippen molar-refractivity contribution in [3.8, 4) is 44.5 Å². The molecule has 0 aliphatic heterocycles. The minimum atomic E-state index is 0.860. The number of fused-ring (bicyclic) bond motifs is 4. The minimum absolute atomic E-state index is 0.860. The van der Waals surface area contributed by atoms with Crippen molar-refractivity contribution in [3.05, 3.63) is 267 Å². The molecule has 1 aromatic heterocycles. The van der Waals surface area contributed by atoms with Crippen molar-refractivity contribution in [3.63, 3.8) is 0 Å². The summed E-state index contributed by atoms with van der Waals surface area (Å²) in [7, 11) is 0. The van der Waals surface area contributed by atoms with Crippen LogP contribution in [0, 0.1) is 0 Å². The van der Waals surface area contributed by atoms with Crippen molar-refractivity contribution in [1.82, 2.24) is 0 Å². The lowest BCUT2D eigenvalue weighted by Gasteiger charge is -2.30. The first-order valence-electron chi connectivity index (χ1n) is 22.8. The molecule has 316 valence electrons. The Morgan fingerprint density at radius 3 is 1.15 bits per heavy atom. The Bertz CT molecular complexity index is 3570. The van der Waals surface area contributed by atoms with Crippen molar-refractivity contribution in [2.45, 2.75) is 0 Å². The molecule has 67 heavy (non-hydrogen) atoms. The van der Waals surface area contributed by atoms with Gasteiger partial charge in [-0.1, -0.05) is 182 Å². The molecule has 0 aliphatic rings. The number of hydrogen-bond donors (Lipinski definition) is 0. The molecule has 11 aromatic carbocycles. The van der Waals surface area contributed by atoms with Gasteiger partial charge in [0.05, 0.1) is 0 Å². The van der Waals surface area contributed by atoms with Crippen LogP contribution in [0.25, 0.3) is 77.2 Å². The molecular weight excluding hydrogens is 813 g/mol. The van der Waals surface area contributed by atoms with Gasteiger partial charge in [-0.25, -0.2) is 0 Å². The van der Waals surface area contributed by atoms with Crippen LogP contribution in [0.3, 0.4) is 0 Å². The Morgan fingerprint density at radius 1 is 0.209 bits per heavy atom. The lowest BCUT2D eigenvalue weighted by Crippen LogP contribution is -2.13. The lowest BCUT2D eigenvalue weighted by atomic mass is 9.98. The number of rotatable bonds is 10. The van der Waals surface area contributed by atoms with E-state index in [0.717, 1.165) is 72.8 Å². The summed E-state index contributed by atoms with van der Waals surface area (Å²) in [6, 6.07) is 95.9. The maximum absolute atomic E-state index is 6.37. The van der Waals surface area contributed by atoms with Crippen molar-refractivity contribution in [2.75, 3.05) is 9.80 Å². The molecule has 1 heterocycles. The average Bonchev–Trinajstić information content (AvgIpc) is 3.78. The first-order chi connectivity index (χ1) is 33.2. The molecule has 0 atom stereocenters. The molecule has 0 N–H and O–H groups in total. The summed E-state index contributed by atoms with van der Waals surface area (Å²) in [5.41, 5.74) is 17.2. The van der Waals surface area contributed by atoms with Crippen LogP contribution >= 0.6 is 0 Å². The van der Waals surface area contributed by atoms with E-state index in [1.165, 1.54) is 38.6 Å². The van der Waals surface area contributed by atoms with Gasteiger partial charge in [-0.05, 0) is 140 Å². The fourth-order valence-corrected chi connectivity index (χ4v) is 9.44. The first-order valence-corrected chi connectivity index (χ1v) is 22.8. The van der Waals surface area contributed by atoms with Crippen LogP contribution in [0.1, 0.15) is 0 Å². The molecule has 0 fully saturated rings. The van der Waals surface area contributed by atoms with Crippen molar-refractivity contribution < 1.29 is 4.42 Å². The van der Waals surface area contributed by atoms with Crippen LogP contribution in [0.5, 0.6) is 0 Å². The number of furan rings is 1. The fraction of sp³-hybridized carbons (Fsp3) is 0. The highest BCUT2D eigenvalue weighted by Gasteiger charge is 2.21. The third-order valence-corrected chi connectivity index (χ3v) is 12.8. The Balaban J connectivity index is 1.09. The van der Waals surface area contributed by atoms with Gasteiger partial charge in [0, 0.05) is 44.9 Å². The third kappa shape index (κ3) is 7.79. The zero-order chi connectivity index (χ0) is 44.5. The van der Waals surface area contributed by atoms with Crippen LogP contribution in [0.2, 0.25) is 0 Å². The molecule has 0 spiro atoms. The van der Waals surface area contributed by atoms with E-state index in [2.05, 4.69) is 265 Å². The van der Waals surface area contributed by atoms with E-state index in [9.17, 15) is 0 Å². The Morgan fingerprint density at radius 2 is 0.612 bits per heavy atom. The predicted molar refractivity (Wildman–Crippen MR) is 282 cm³/mol. The summed E-state index contributed by atoms with van der Waals surface area (Å²) < 4.78 is 6.37. The van der Waals surface area contributed by atoms with Gasteiger partial charge in [0.25, 0.3) is 0 Å². The fourth-order valence-electron chi connectivity index (χ4n) is 9.44. The quantitative estimate of drug-likeness (QED) is 0.137. The van der Waals surface area contributed by atoms with Crippen LogP contribution in [0.4, 0.5) is 34.1 Å². The van der Waals surface area contributed by atoms with Crippen LogP contribution < -0.4 is 9.80 Å². The molecule has 3 heteroatoms. The summed E-state index contributed by atoms with van der Waals surface area (Å²) in [6.07, 6.45) is 0. The third-order valence-electron chi connectivity index (χ3n) is 12.8. The van der Waals surface area contributed by atoms with E-state index in [1.807, 2.05) is 12.1 Å². The standard InChI is InChI=1S/C64H44N2O/c1-4-14-45(15-5-1)49-26-32-55(33-27-49)65(56-34-28-50(29-35-56)46-16-6-2-7-17-46)59-41-54(53-25-24-48-20-10-11-21-52(48)40-53)42-60(43-59)66(57-36-30-51(31-37-57)47-18-8-3-9-19-47)58-38-39-64-62(44-58)61-22-12-13-23-63(61)67-64/h1-44H. The van der Waals surface area contributed by atoms with Gasteiger partial charge < -0.3 is 14.2 Å². The van der Waals surface area contributed by atoms with E-state index in [4.69, 9.17) is 4.42 Å². The summed E-state index contributed by atoms with van der Waals surface area (Å²) in [6.45, 7) is 0. The molecule has 0 bridgehead atoms. The van der Waals surface area contributed by atoms with E-state index in [0.29, 0.717) is 0 Å². The molecule has 0 saturated carbocycles. The maximum Gasteiger partial charge on any atom is 0.135 e. The second-order valence-corrected chi connectivity index (χ2v) is 17.0. The summed E-state index contributed by atoms with van der Waals surface area (Å²) in [5.74, 6) is 0. The highest BCUT2D eigenvalue weighted by Crippen LogP contribution is 2.45. The normalized spacial score (nSPS) is 11.3. The molecule has 0 saturated heterocycles. The second-order valence-electron chi connectivity index (χ2n) is 17.0. The van der Waals surface area contributed by atoms with Crippen molar-refractivity contribution >= 4 is 66.8 Å². The van der Waals surface area contributed by atoms with Crippen LogP contribution in [-0.2, 0) is 0 Å². The number of anilines is 6. The van der Waals surface area contributed by atoms with Gasteiger partial charge in [-0.15, -0.1) is 0 Å². The monoisotopic (exact) mass is 856 g/mol. The van der Waals surface area contributed by atoms with Gasteiger partial charge in [0.1, 0.15) is 11.2 Å². The summed E-state index contributed by atoms with van der Waals surface area (Å²) in [4.78, 5) is 4.78. The number of nitrogens with zero attached hydrogens (tertiary/aromatic N) is 2. The maximum atomic E-state index is 6.37. The predicted octanol–water partition coefficient (Wildman–Crippen LogP) is 18.3. The van der Waals surface area contributed by atoms with Crippen LogP contribution in [-0.4, -0.2) is 0 Å². The molecule has 12 rings (SSSR count). The number of benzene rings is 11. The van der Waals surface area contributed by atoms with Gasteiger partial charge in [0.2, 0.25) is 0 Å². The smallest absolute Gasteiger partial charge is 0.135 e. The lowest BCUT2D eigenvalue weighted by molar-refractivity contribution is 0.669. The van der Waals surface area contributed by atoms with E-state index in [-0.39, 0.29) is 0 Å². The first kappa shape index (κ1) is 39.7. The molecule has 0 unspecified atom stereocenters. The summed E-state index contributed by atoms with van der Waals surface area (Å²) in [5, 5.41) is 4.57. The zero-order valence-corrected chi connectivity index (χ0v) is 36.7. The van der Waals surface area contributed by atoms with E-state index >= 15 is 0 Å². The average molecular weight is 857 g/mol. The Kier molecular flexibility index (Phi) is 10.2. The molecule has 12 aromatic rings. The second kappa shape index (κ2) is 17.2. The molecule has 0 amide bonds. The molecular formula is C64H44N2O. The van der Waals surface area contributed by atoms with Crippen molar-refractivity contribution in [1.29, 1.82) is 0 Å². The van der Waals surface area contributed by atoms with E-state index in [1.54, 1.807) is 0 Å². The number of para-hydroxylation sites is 1. The Labute approximate surface area is 390 Å². The van der Waals surface area contributed by atoms with Gasteiger partial charge in [0.15, 0.2) is 0 Å². The van der Waals surface area contributed by atoms with Gasteiger partial charge >= 0.3 is 0 Å². The van der Waals surface area contributed by atoms with E-state index < -0.39 is 0 Å². The molecule has 0 aliphatic carbocycles. The highest BCUT2D eigenvalue weighted by atomic mass is 16.3. The van der Waals surface area contributed by atoms with Gasteiger partial charge in [-0.2, -0.15) is 0 Å². The zero-order valence-electron chi connectivity index (χ0n) is 36.7. The molecule has 0 radical (unpaired) electrons.